The zero-order chi connectivity index (χ0) is 11.1. The summed E-state index contributed by atoms with van der Waals surface area (Å²) in [6, 6.07) is 7.45. The first kappa shape index (κ1) is 11.5. The van der Waals surface area contributed by atoms with E-state index >= 15 is 0 Å². The minimum atomic E-state index is -0.275. The van der Waals surface area contributed by atoms with E-state index in [4.69, 9.17) is 9.47 Å². The molecule has 0 aliphatic rings. The van der Waals surface area contributed by atoms with Gasteiger partial charge in [-0.3, -0.25) is 4.79 Å². The fourth-order valence-electron chi connectivity index (χ4n) is 1.18. The largest absolute Gasteiger partial charge is 0.496 e. The Bertz CT molecular complexity index is 325. The van der Waals surface area contributed by atoms with E-state index in [1.165, 1.54) is 0 Å². The van der Waals surface area contributed by atoms with Crippen molar-refractivity contribution in [3.8, 4) is 5.75 Å². The Morgan fingerprint density at radius 3 is 2.80 bits per heavy atom. The second-order valence-electron chi connectivity index (χ2n) is 3.00. The lowest BCUT2D eigenvalue weighted by atomic mass is 10.2. The monoisotopic (exact) mass is 209 g/mol. The topological polar surface area (TPSA) is 47.6 Å². The normalized spacial score (nSPS) is 9.73. The summed E-state index contributed by atoms with van der Waals surface area (Å²) < 4.78 is 10.2. The summed E-state index contributed by atoms with van der Waals surface area (Å²) in [6.45, 7) is 0.458. The van der Waals surface area contributed by atoms with E-state index in [0.29, 0.717) is 0 Å². The fraction of sp³-hybridized carbons (Fsp3) is 0.364. The van der Waals surface area contributed by atoms with Crippen LogP contribution in [-0.2, 0) is 16.1 Å². The summed E-state index contributed by atoms with van der Waals surface area (Å²) in [5, 5.41) is 2.73. The number of methoxy groups -OCH3 is 1. The lowest BCUT2D eigenvalue weighted by Gasteiger charge is -2.08. The van der Waals surface area contributed by atoms with Crippen molar-refractivity contribution >= 4 is 5.97 Å². The minimum absolute atomic E-state index is 0.217. The quantitative estimate of drug-likeness (QED) is 0.734. The lowest BCUT2D eigenvalue weighted by Crippen LogP contribution is -2.20. The fourth-order valence-corrected chi connectivity index (χ4v) is 1.18. The molecule has 0 amide bonds. The Morgan fingerprint density at radius 1 is 1.40 bits per heavy atom. The van der Waals surface area contributed by atoms with Crippen molar-refractivity contribution in [1.82, 2.24) is 5.32 Å². The molecule has 1 aromatic rings. The van der Waals surface area contributed by atoms with E-state index in [-0.39, 0.29) is 19.1 Å². The Morgan fingerprint density at radius 2 is 2.13 bits per heavy atom. The summed E-state index contributed by atoms with van der Waals surface area (Å²) in [5.41, 5.74) is 0.865. The lowest BCUT2D eigenvalue weighted by molar-refractivity contribution is -0.143. The number of hydrogen-bond donors (Lipinski definition) is 1. The summed E-state index contributed by atoms with van der Waals surface area (Å²) in [7, 11) is 3.29. The van der Waals surface area contributed by atoms with E-state index in [0.717, 1.165) is 11.3 Å². The van der Waals surface area contributed by atoms with Crippen molar-refractivity contribution in [3.63, 3.8) is 0 Å². The number of nitrogens with one attached hydrogen (secondary N) is 1. The standard InChI is InChI=1S/C11H15NO3/c1-12-7-11(13)15-8-9-5-3-4-6-10(9)14-2/h3-6,12H,7-8H2,1-2H3. The van der Waals surface area contributed by atoms with Crippen LogP contribution in [0.1, 0.15) is 5.56 Å². The summed E-state index contributed by atoms with van der Waals surface area (Å²) in [4.78, 5) is 11.1. The molecule has 0 radical (unpaired) electrons. The molecule has 0 aliphatic carbocycles. The van der Waals surface area contributed by atoms with Gasteiger partial charge in [-0.05, 0) is 13.1 Å². The van der Waals surface area contributed by atoms with Crippen LogP contribution in [0, 0.1) is 0 Å². The predicted octanol–water partition coefficient (Wildman–Crippen LogP) is 0.958. The van der Waals surface area contributed by atoms with E-state index < -0.39 is 0 Å². The number of rotatable bonds is 5. The summed E-state index contributed by atoms with van der Waals surface area (Å²) in [5.74, 6) is 0.457. The number of carbonyl (C=O) groups excluding carboxylic acids is 1. The average Bonchev–Trinajstić information content (AvgIpc) is 2.27. The molecule has 1 N–H and O–H groups in total. The molecule has 0 fully saturated rings. The van der Waals surface area contributed by atoms with Gasteiger partial charge in [-0.1, -0.05) is 18.2 Å². The molecule has 0 heterocycles. The molecule has 0 spiro atoms. The van der Waals surface area contributed by atoms with Crippen LogP contribution in [0.4, 0.5) is 0 Å². The van der Waals surface area contributed by atoms with Gasteiger partial charge in [-0.15, -0.1) is 0 Å². The van der Waals surface area contributed by atoms with E-state index in [1.54, 1.807) is 14.2 Å². The number of hydrogen-bond acceptors (Lipinski definition) is 4. The molecule has 4 heteroatoms. The molecule has 0 aliphatic heterocycles. The maximum atomic E-state index is 11.1. The van der Waals surface area contributed by atoms with Gasteiger partial charge in [0.15, 0.2) is 0 Å². The third-order valence-electron chi connectivity index (χ3n) is 1.90. The van der Waals surface area contributed by atoms with E-state index in [2.05, 4.69) is 5.32 Å². The van der Waals surface area contributed by atoms with E-state index in [1.807, 2.05) is 24.3 Å². The molecule has 0 atom stereocenters. The highest BCUT2D eigenvalue weighted by Gasteiger charge is 2.05. The zero-order valence-electron chi connectivity index (χ0n) is 8.95. The highest BCUT2D eigenvalue weighted by Crippen LogP contribution is 2.17. The van der Waals surface area contributed by atoms with Gasteiger partial charge in [-0.25, -0.2) is 0 Å². The van der Waals surface area contributed by atoms with Crippen molar-refractivity contribution in [2.75, 3.05) is 20.7 Å². The molecule has 82 valence electrons. The van der Waals surface area contributed by atoms with Gasteiger partial charge in [0.2, 0.25) is 0 Å². The molecule has 0 saturated carbocycles. The van der Waals surface area contributed by atoms with Gasteiger partial charge in [0, 0.05) is 5.56 Å². The molecule has 4 nitrogen and oxygen atoms in total. The first-order chi connectivity index (χ1) is 7.27. The van der Waals surface area contributed by atoms with Gasteiger partial charge in [0.05, 0.1) is 13.7 Å². The smallest absolute Gasteiger partial charge is 0.320 e. The number of para-hydroxylation sites is 1. The average molecular weight is 209 g/mol. The van der Waals surface area contributed by atoms with Gasteiger partial charge in [0.25, 0.3) is 0 Å². The molecule has 0 aromatic heterocycles. The van der Waals surface area contributed by atoms with Crippen molar-refractivity contribution < 1.29 is 14.3 Å². The SMILES string of the molecule is CNCC(=O)OCc1ccccc1OC. The molecular weight excluding hydrogens is 194 g/mol. The maximum Gasteiger partial charge on any atom is 0.320 e. The number of ether oxygens (including phenoxy) is 2. The Hall–Kier alpha value is -1.55. The van der Waals surface area contributed by atoms with Crippen LogP contribution in [0.15, 0.2) is 24.3 Å². The Kier molecular flexibility index (Phi) is 4.63. The van der Waals surface area contributed by atoms with Gasteiger partial charge < -0.3 is 14.8 Å². The zero-order valence-corrected chi connectivity index (χ0v) is 8.95. The summed E-state index contributed by atoms with van der Waals surface area (Å²) >= 11 is 0. The Labute approximate surface area is 89.2 Å². The molecule has 0 saturated heterocycles. The highest BCUT2D eigenvalue weighted by atomic mass is 16.5. The third-order valence-corrected chi connectivity index (χ3v) is 1.90. The maximum absolute atomic E-state index is 11.1. The number of carbonyl (C=O) groups is 1. The van der Waals surface area contributed by atoms with Crippen LogP contribution in [-0.4, -0.2) is 26.7 Å². The molecular formula is C11H15NO3. The highest BCUT2D eigenvalue weighted by molar-refractivity contribution is 5.71. The van der Waals surface area contributed by atoms with Crippen LogP contribution >= 0.6 is 0 Å². The van der Waals surface area contributed by atoms with Gasteiger partial charge in [-0.2, -0.15) is 0 Å². The van der Waals surface area contributed by atoms with Crippen LogP contribution < -0.4 is 10.1 Å². The van der Waals surface area contributed by atoms with Crippen molar-refractivity contribution in [1.29, 1.82) is 0 Å². The van der Waals surface area contributed by atoms with Crippen LogP contribution in [0.5, 0.6) is 5.75 Å². The third kappa shape index (κ3) is 3.59. The van der Waals surface area contributed by atoms with Crippen LogP contribution in [0.2, 0.25) is 0 Å². The molecule has 1 aromatic carbocycles. The second-order valence-corrected chi connectivity index (χ2v) is 3.00. The van der Waals surface area contributed by atoms with Crippen molar-refractivity contribution in [2.24, 2.45) is 0 Å². The van der Waals surface area contributed by atoms with Gasteiger partial charge >= 0.3 is 5.97 Å². The first-order valence-corrected chi connectivity index (χ1v) is 4.70. The van der Waals surface area contributed by atoms with E-state index in [9.17, 15) is 4.79 Å². The molecule has 15 heavy (non-hydrogen) atoms. The molecule has 0 bridgehead atoms. The molecule has 1 rings (SSSR count). The van der Waals surface area contributed by atoms with Crippen LogP contribution in [0.3, 0.4) is 0 Å². The number of likely N-dealkylation sites (N-methyl/N-ethyl adjacent to an activating group) is 1. The van der Waals surface area contributed by atoms with Crippen molar-refractivity contribution in [2.45, 2.75) is 6.61 Å². The Balaban J connectivity index is 2.53. The molecule has 0 unspecified atom stereocenters. The number of benzene rings is 1. The van der Waals surface area contributed by atoms with Gasteiger partial charge in [0.1, 0.15) is 12.4 Å². The second kappa shape index (κ2) is 6.03. The predicted molar refractivity (Wildman–Crippen MR) is 56.7 cm³/mol. The summed E-state index contributed by atoms with van der Waals surface area (Å²) in [6.07, 6.45) is 0. The minimum Gasteiger partial charge on any atom is -0.496 e. The number of esters is 1. The first-order valence-electron chi connectivity index (χ1n) is 4.70. The van der Waals surface area contributed by atoms with Crippen molar-refractivity contribution in [3.05, 3.63) is 29.8 Å². The van der Waals surface area contributed by atoms with Crippen LogP contribution in [0.25, 0.3) is 0 Å².